The number of hydrogen-bond acceptors (Lipinski definition) is 3. The van der Waals surface area contributed by atoms with E-state index in [9.17, 15) is 14.4 Å². The summed E-state index contributed by atoms with van der Waals surface area (Å²) in [5.74, 6) is -1.04. The maximum absolute atomic E-state index is 11.7. The molecule has 0 aromatic carbocycles. The summed E-state index contributed by atoms with van der Waals surface area (Å²) in [4.78, 5) is 36.2. The minimum absolute atomic E-state index is 0.229. The molecule has 0 aromatic heterocycles. The highest BCUT2D eigenvalue weighted by atomic mass is 16.2. The molecule has 0 spiro atoms. The van der Waals surface area contributed by atoms with Crippen molar-refractivity contribution >= 4 is 17.8 Å². The van der Waals surface area contributed by atoms with Crippen molar-refractivity contribution in [2.24, 2.45) is 0 Å². The summed E-state index contributed by atoms with van der Waals surface area (Å²) < 4.78 is 0. The Hall–Kier alpha value is -1.91. The van der Waals surface area contributed by atoms with Gasteiger partial charge < -0.3 is 0 Å². The van der Waals surface area contributed by atoms with Gasteiger partial charge in [-0.15, -0.1) is 0 Å². The van der Waals surface area contributed by atoms with Crippen LogP contribution in [0.5, 0.6) is 0 Å². The van der Waals surface area contributed by atoms with Crippen LogP contribution in [0.3, 0.4) is 0 Å². The summed E-state index contributed by atoms with van der Waals surface area (Å²) in [7, 11) is 2.59. The highest BCUT2D eigenvalue weighted by Crippen LogP contribution is 2.03. The number of nitrogens with zero attached hydrogens (tertiary/aromatic N) is 2. The van der Waals surface area contributed by atoms with Gasteiger partial charge in [0.2, 0.25) is 0 Å². The minimum atomic E-state index is -0.707. The van der Waals surface area contributed by atoms with Crippen molar-refractivity contribution < 1.29 is 14.4 Å². The van der Waals surface area contributed by atoms with E-state index in [1.54, 1.807) is 0 Å². The topological polar surface area (TPSA) is 57.7 Å². The second kappa shape index (κ2) is 5.25. The summed E-state index contributed by atoms with van der Waals surface area (Å²) >= 11 is 0. The monoisotopic (exact) mass is 224 g/mol. The Balaban J connectivity index is 4.81. The molecule has 0 aliphatic rings. The molecular formula is C11H16N2O3. The van der Waals surface area contributed by atoms with Crippen LogP contribution in [0.4, 0.5) is 4.79 Å². The lowest BCUT2D eigenvalue weighted by Gasteiger charge is -2.22. The number of carbonyl (C=O) groups is 3. The number of imide groups is 2. The predicted molar refractivity (Wildman–Crippen MR) is 60.6 cm³/mol. The molecule has 4 amide bonds. The molecule has 0 radical (unpaired) electrons. The quantitative estimate of drug-likeness (QED) is 0.662. The van der Waals surface area contributed by atoms with E-state index in [-0.39, 0.29) is 11.1 Å². The van der Waals surface area contributed by atoms with Crippen LogP contribution in [0, 0.1) is 0 Å². The van der Waals surface area contributed by atoms with Crippen molar-refractivity contribution in [3.05, 3.63) is 24.3 Å². The first-order chi connectivity index (χ1) is 7.20. The zero-order chi connectivity index (χ0) is 13.0. The first-order valence-corrected chi connectivity index (χ1v) is 4.61. The fraction of sp³-hybridized carbons (Fsp3) is 0.364. The highest BCUT2D eigenvalue weighted by Gasteiger charge is 2.24. The molecule has 0 unspecified atom stereocenters. The van der Waals surface area contributed by atoms with Gasteiger partial charge in [-0.05, 0) is 13.8 Å². The van der Waals surface area contributed by atoms with Gasteiger partial charge in [0.15, 0.2) is 0 Å². The van der Waals surface area contributed by atoms with Crippen LogP contribution < -0.4 is 0 Å². The lowest BCUT2D eigenvalue weighted by atomic mass is 10.3. The van der Waals surface area contributed by atoms with Gasteiger partial charge in [0, 0.05) is 25.2 Å². The fourth-order valence-electron chi connectivity index (χ4n) is 0.971. The van der Waals surface area contributed by atoms with E-state index in [1.165, 1.54) is 27.9 Å². The fourth-order valence-corrected chi connectivity index (χ4v) is 0.971. The van der Waals surface area contributed by atoms with Crippen LogP contribution in [-0.4, -0.2) is 41.7 Å². The highest BCUT2D eigenvalue weighted by molar-refractivity contribution is 6.09. The third-order valence-electron chi connectivity index (χ3n) is 1.91. The average Bonchev–Trinajstić information content (AvgIpc) is 2.23. The SMILES string of the molecule is C=C(C)C(=O)N(C)C(=O)N(C)C(=O)C(=C)C. The zero-order valence-corrected chi connectivity index (χ0v) is 10.0. The molecule has 16 heavy (non-hydrogen) atoms. The van der Waals surface area contributed by atoms with Gasteiger partial charge in [-0.2, -0.15) is 0 Å². The molecule has 0 bridgehead atoms. The Labute approximate surface area is 95.0 Å². The van der Waals surface area contributed by atoms with Crippen molar-refractivity contribution in [3.63, 3.8) is 0 Å². The summed E-state index contributed by atoms with van der Waals surface area (Å²) in [5.41, 5.74) is 0.457. The van der Waals surface area contributed by atoms with Crippen molar-refractivity contribution in [2.75, 3.05) is 14.1 Å². The van der Waals surface area contributed by atoms with E-state index in [4.69, 9.17) is 0 Å². The Kier molecular flexibility index (Phi) is 4.62. The first-order valence-electron chi connectivity index (χ1n) is 4.61. The number of rotatable bonds is 2. The maximum atomic E-state index is 11.7. The molecule has 0 saturated heterocycles. The summed E-state index contributed by atoms with van der Waals surface area (Å²) in [5, 5.41) is 0. The molecule has 0 saturated carbocycles. The molecule has 0 rings (SSSR count). The molecule has 0 fully saturated rings. The maximum Gasteiger partial charge on any atom is 0.333 e. The molecule has 0 aliphatic heterocycles. The molecule has 0 N–H and O–H groups in total. The lowest BCUT2D eigenvalue weighted by Crippen LogP contribution is -2.45. The van der Waals surface area contributed by atoms with Gasteiger partial charge in [-0.3, -0.25) is 19.4 Å². The number of amides is 4. The van der Waals surface area contributed by atoms with Crippen molar-refractivity contribution in [2.45, 2.75) is 13.8 Å². The standard InChI is InChI=1S/C11H16N2O3/c1-7(2)9(14)12(5)11(16)13(6)10(15)8(3)4/h1,3H2,2,4-6H3. The second-order valence-corrected chi connectivity index (χ2v) is 3.57. The van der Waals surface area contributed by atoms with Crippen molar-refractivity contribution in [1.29, 1.82) is 0 Å². The van der Waals surface area contributed by atoms with E-state index >= 15 is 0 Å². The van der Waals surface area contributed by atoms with Crippen LogP contribution >= 0.6 is 0 Å². The molecule has 0 heterocycles. The third kappa shape index (κ3) is 3.05. The van der Waals surface area contributed by atoms with Gasteiger partial charge in [0.1, 0.15) is 0 Å². The molecule has 0 aromatic rings. The molecule has 0 atom stereocenters. The average molecular weight is 224 g/mol. The van der Waals surface area contributed by atoms with E-state index in [2.05, 4.69) is 13.2 Å². The molecular weight excluding hydrogens is 208 g/mol. The Bertz CT molecular complexity index is 337. The normalized spacial score (nSPS) is 9.25. The van der Waals surface area contributed by atoms with Crippen LogP contribution in [0.25, 0.3) is 0 Å². The Morgan fingerprint density at radius 3 is 1.25 bits per heavy atom. The summed E-state index contributed by atoms with van der Waals surface area (Å²) in [6, 6.07) is -0.707. The number of urea groups is 1. The van der Waals surface area contributed by atoms with Crippen LogP contribution in [0.15, 0.2) is 24.3 Å². The molecule has 0 aliphatic carbocycles. The van der Waals surface area contributed by atoms with Gasteiger partial charge >= 0.3 is 6.03 Å². The Morgan fingerprint density at radius 2 is 1.06 bits per heavy atom. The van der Waals surface area contributed by atoms with E-state index in [0.717, 1.165) is 9.80 Å². The molecule has 5 heteroatoms. The van der Waals surface area contributed by atoms with Gasteiger partial charge in [0.25, 0.3) is 11.8 Å². The Morgan fingerprint density at radius 1 is 0.812 bits per heavy atom. The van der Waals surface area contributed by atoms with Crippen LogP contribution in [0.2, 0.25) is 0 Å². The second-order valence-electron chi connectivity index (χ2n) is 3.57. The molecule has 88 valence electrons. The minimum Gasteiger partial charge on any atom is -0.269 e. The van der Waals surface area contributed by atoms with Crippen LogP contribution in [0.1, 0.15) is 13.8 Å². The van der Waals surface area contributed by atoms with E-state index in [1.807, 2.05) is 0 Å². The smallest absolute Gasteiger partial charge is 0.269 e. The largest absolute Gasteiger partial charge is 0.333 e. The van der Waals surface area contributed by atoms with Crippen molar-refractivity contribution in [1.82, 2.24) is 9.80 Å². The van der Waals surface area contributed by atoms with Gasteiger partial charge in [-0.1, -0.05) is 13.2 Å². The zero-order valence-electron chi connectivity index (χ0n) is 10.0. The third-order valence-corrected chi connectivity index (χ3v) is 1.91. The van der Waals surface area contributed by atoms with Crippen LogP contribution in [-0.2, 0) is 9.59 Å². The summed E-state index contributed by atoms with van der Waals surface area (Å²) in [6.07, 6.45) is 0. The number of likely N-dealkylation sites (N-methyl/N-ethyl adjacent to an activating group) is 2. The summed E-state index contributed by atoms with van der Waals surface area (Å²) in [6.45, 7) is 9.85. The molecule has 5 nitrogen and oxygen atoms in total. The van der Waals surface area contributed by atoms with Crippen molar-refractivity contribution in [3.8, 4) is 0 Å². The number of hydrogen-bond donors (Lipinski definition) is 0. The van der Waals surface area contributed by atoms with Gasteiger partial charge in [0.05, 0.1) is 0 Å². The van der Waals surface area contributed by atoms with E-state index in [0.29, 0.717) is 0 Å². The van der Waals surface area contributed by atoms with Gasteiger partial charge in [-0.25, -0.2) is 4.79 Å². The number of carbonyl (C=O) groups excluding carboxylic acids is 3. The lowest BCUT2D eigenvalue weighted by molar-refractivity contribution is -0.126. The first kappa shape index (κ1) is 14.1. The predicted octanol–water partition coefficient (Wildman–Crippen LogP) is 1.18. The van der Waals surface area contributed by atoms with E-state index < -0.39 is 17.8 Å².